The molecule has 1 aliphatic carbocycles. The van der Waals surface area contributed by atoms with E-state index < -0.39 is 0 Å². The number of hydrogen-bond acceptors (Lipinski definition) is 3. The van der Waals surface area contributed by atoms with Gasteiger partial charge < -0.3 is 11.1 Å². The second kappa shape index (κ2) is 5.39. The molecule has 1 aromatic carbocycles. The van der Waals surface area contributed by atoms with Crippen molar-refractivity contribution in [2.24, 2.45) is 11.8 Å². The third kappa shape index (κ3) is 2.86. The van der Waals surface area contributed by atoms with Gasteiger partial charge in [0.25, 0.3) is 5.91 Å². The number of benzene rings is 1. The number of H-pyrrole nitrogens is 1. The van der Waals surface area contributed by atoms with Gasteiger partial charge in [0.05, 0.1) is 5.52 Å². The third-order valence-corrected chi connectivity index (χ3v) is 4.32. The maximum atomic E-state index is 12.5. The van der Waals surface area contributed by atoms with E-state index in [1.165, 1.54) is 6.42 Å². The molecule has 2 unspecified atom stereocenters. The normalized spacial score (nSPS) is 25.9. The van der Waals surface area contributed by atoms with Gasteiger partial charge in [-0.25, -0.2) is 0 Å². The molecule has 2 aromatic rings. The number of rotatable bonds is 2. The van der Waals surface area contributed by atoms with E-state index in [1.54, 1.807) is 12.1 Å². The van der Waals surface area contributed by atoms with Gasteiger partial charge in [0.15, 0.2) is 5.69 Å². The van der Waals surface area contributed by atoms with Gasteiger partial charge in [-0.15, -0.1) is 0 Å². The summed E-state index contributed by atoms with van der Waals surface area (Å²) in [5, 5.41) is 10.9. The highest BCUT2D eigenvalue weighted by atomic mass is 16.2. The first-order valence-electron chi connectivity index (χ1n) is 7.57. The molecule has 1 amide bonds. The fraction of sp³-hybridized carbons (Fsp3) is 0.500. The Kier molecular flexibility index (Phi) is 3.57. The molecular formula is C16H22N4O. The first-order chi connectivity index (χ1) is 10.0. The standard InChI is InChI=1S/C16H22N4O/c1-9-5-10(2)7-12(6-9)18-16(21)15-13-8-11(17)3-4-14(13)19-20-15/h3-4,8-10,12H,5-7,17H2,1-2H3,(H,18,21)(H,19,20). The Morgan fingerprint density at radius 3 is 2.71 bits per heavy atom. The zero-order valence-corrected chi connectivity index (χ0v) is 12.5. The Labute approximate surface area is 124 Å². The zero-order chi connectivity index (χ0) is 15.0. The number of aromatic nitrogens is 2. The van der Waals surface area contributed by atoms with Gasteiger partial charge in [0.2, 0.25) is 0 Å². The van der Waals surface area contributed by atoms with Crippen LogP contribution in [0.1, 0.15) is 43.6 Å². The minimum atomic E-state index is -0.113. The molecule has 21 heavy (non-hydrogen) atoms. The van der Waals surface area contributed by atoms with Crippen LogP contribution in [0.4, 0.5) is 5.69 Å². The minimum Gasteiger partial charge on any atom is -0.399 e. The van der Waals surface area contributed by atoms with Crippen molar-refractivity contribution in [2.75, 3.05) is 5.73 Å². The predicted octanol–water partition coefficient (Wildman–Crippen LogP) is 2.70. The summed E-state index contributed by atoms with van der Waals surface area (Å²) in [6.45, 7) is 4.50. The predicted molar refractivity (Wildman–Crippen MR) is 83.9 cm³/mol. The fourth-order valence-corrected chi connectivity index (χ4v) is 3.52. The highest BCUT2D eigenvalue weighted by Gasteiger charge is 2.26. The van der Waals surface area contributed by atoms with Crippen molar-refractivity contribution in [1.29, 1.82) is 0 Å². The van der Waals surface area contributed by atoms with Gasteiger partial charge in [-0.2, -0.15) is 5.10 Å². The SMILES string of the molecule is CC1CC(C)CC(NC(=O)c2n[nH]c3ccc(N)cc23)C1. The number of nitrogens with two attached hydrogens (primary N) is 1. The van der Waals surface area contributed by atoms with Gasteiger partial charge in [-0.1, -0.05) is 13.8 Å². The molecule has 0 saturated heterocycles. The van der Waals surface area contributed by atoms with Gasteiger partial charge in [0, 0.05) is 17.1 Å². The van der Waals surface area contributed by atoms with E-state index in [4.69, 9.17) is 5.73 Å². The number of carbonyl (C=O) groups is 1. The smallest absolute Gasteiger partial charge is 0.272 e. The summed E-state index contributed by atoms with van der Waals surface area (Å²) in [5.41, 5.74) is 7.70. The third-order valence-electron chi connectivity index (χ3n) is 4.32. The summed E-state index contributed by atoms with van der Waals surface area (Å²) in [7, 11) is 0. The molecule has 2 atom stereocenters. The lowest BCUT2D eigenvalue weighted by atomic mass is 9.80. The second-order valence-corrected chi connectivity index (χ2v) is 6.47. The quantitative estimate of drug-likeness (QED) is 0.742. The molecule has 1 aromatic heterocycles. The summed E-state index contributed by atoms with van der Waals surface area (Å²) in [6.07, 6.45) is 3.33. The summed E-state index contributed by atoms with van der Waals surface area (Å²) in [5.74, 6) is 1.20. The van der Waals surface area contributed by atoms with E-state index in [2.05, 4.69) is 29.4 Å². The number of anilines is 1. The monoisotopic (exact) mass is 286 g/mol. The lowest BCUT2D eigenvalue weighted by molar-refractivity contribution is 0.0907. The average Bonchev–Trinajstić information content (AvgIpc) is 2.80. The molecule has 3 rings (SSSR count). The van der Waals surface area contributed by atoms with Gasteiger partial charge in [0.1, 0.15) is 0 Å². The maximum absolute atomic E-state index is 12.5. The van der Waals surface area contributed by atoms with Crippen LogP contribution in [0.15, 0.2) is 18.2 Å². The molecule has 112 valence electrons. The van der Waals surface area contributed by atoms with E-state index in [-0.39, 0.29) is 11.9 Å². The van der Waals surface area contributed by atoms with Crippen LogP contribution in [0.25, 0.3) is 10.9 Å². The van der Waals surface area contributed by atoms with Crippen LogP contribution in [-0.4, -0.2) is 22.1 Å². The number of hydrogen-bond donors (Lipinski definition) is 3. The van der Waals surface area contributed by atoms with E-state index in [1.807, 2.05) is 6.07 Å². The van der Waals surface area contributed by atoms with Crippen molar-refractivity contribution in [3.8, 4) is 0 Å². The van der Waals surface area contributed by atoms with Gasteiger partial charge >= 0.3 is 0 Å². The van der Waals surface area contributed by atoms with E-state index in [0.29, 0.717) is 23.2 Å². The number of nitrogen functional groups attached to an aromatic ring is 1. The van der Waals surface area contributed by atoms with Gasteiger partial charge in [-0.3, -0.25) is 9.89 Å². The lowest BCUT2D eigenvalue weighted by Crippen LogP contribution is -2.40. The highest BCUT2D eigenvalue weighted by Crippen LogP contribution is 2.29. The number of fused-ring (bicyclic) bond motifs is 1. The van der Waals surface area contributed by atoms with Crippen LogP contribution in [0, 0.1) is 11.8 Å². The fourth-order valence-electron chi connectivity index (χ4n) is 3.52. The molecule has 1 aliphatic rings. The molecular weight excluding hydrogens is 264 g/mol. The number of carbonyl (C=O) groups excluding carboxylic acids is 1. The minimum absolute atomic E-state index is 0.113. The maximum Gasteiger partial charge on any atom is 0.272 e. The molecule has 0 radical (unpaired) electrons. The highest BCUT2D eigenvalue weighted by molar-refractivity contribution is 6.05. The Hall–Kier alpha value is -2.04. The zero-order valence-electron chi connectivity index (χ0n) is 12.5. The largest absolute Gasteiger partial charge is 0.399 e. The van der Waals surface area contributed by atoms with E-state index in [9.17, 15) is 4.79 Å². The van der Waals surface area contributed by atoms with E-state index >= 15 is 0 Å². The molecule has 1 saturated carbocycles. The summed E-state index contributed by atoms with van der Waals surface area (Å²) < 4.78 is 0. The van der Waals surface area contributed by atoms with Crippen molar-refractivity contribution in [1.82, 2.24) is 15.5 Å². The number of nitrogens with zero attached hydrogens (tertiary/aromatic N) is 1. The Morgan fingerprint density at radius 1 is 1.29 bits per heavy atom. The Bertz CT molecular complexity index is 653. The molecule has 1 fully saturated rings. The van der Waals surface area contributed by atoms with Crippen molar-refractivity contribution in [3.05, 3.63) is 23.9 Å². The Balaban J connectivity index is 1.79. The first-order valence-corrected chi connectivity index (χ1v) is 7.57. The van der Waals surface area contributed by atoms with Crippen LogP contribution in [0.5, 0.6) is 0 Å². The topological polar surface area (TPSA) is 83.8 Å². The Morgan fingerprint density at radius 2 is 2.00 bits per heavy atom. The molecule has 0 spiro atoms. The molecule has 5 heteroatoms. The summed E-state index contributed by atoms with van der Waals surface area (Å²) in [6, 6.07) is 5.68. The van der Waals surface area contributed by atoms with Crippen molar-refractivity contribution >= 4 is 22.5 Å². The molecule has 1 heterocycles. The van der Waals surface area contributed by atoms with Gasteiger partial charge in [-0.05, 0) is 49.3 Å². The molecule has 0 aliphatic heterocycles. The number of amides is 1. The lowest BCUT2D eigenvalue weighted by Gasteiger charge is -2.31. The van der Waals surface area contributed by atoms with Crippen LogP contribution in [0.2, 0.25) is 0 Å². The van der Waals surface area contributed by atoms with Crippen molar-refractivity contribution in [2.45, 2.75) is 39.2 Å². The second-order valence-electron chi connectivity index (χ2n) is 6.47. The summed E-state index contributed by atoms with van der Waals surface area (Å²) in [4.78, 5) is 12.5. The number of nitrogens with one attached hydrogen (secondary N) is 2. The van der Waals surface area contributed by atoms with Crippen LogP contribution in [-0.2, 0) is 0 Å². The average molecular weight is 286 g/mol. The molecule has 4 N–H and O–H groups in total. The first kappa shape index (κ1) is 13.9. The van der Waals surface area contributed by atoms with Crippen molar-refractivity contribution in [3.63, 3.8) is 0 Å². The van der Waals surface area contributed by atoms with Crippen LogP contribution in [0.3, 0.4) is 0 Å². The summed E-state index contributed by atoms with van der Waals surface area (Å²) >= 11 is 0. The van der Waals surface area contributed by atoms with Crippen LogP contribution < -0.4 is 11.1 Å². The number of aromatic amines is 1. The molecule has 5 nitrogen and oxygen atoms in total. The van der Waals surface area contributed by atoms with E-state index in [0.717, 1.165) is 23.7 Å². The van der Waals surface area contributed by atoms with Crippen molar-refractivity contribution < 1.29 is 4.79 Å². The van der Waals surface area contributed by atoms with Crippen LogP contribution >= 0.6 is 0 Å². The molecule has 0 bridgehead atoms.